The number of hydrogen-bond acceptors (Lipinski definition) is 4. The molecule has 1 aromatic rings. The number of aryl methyl sites for hydroxylation is 1. The monoisotopic (exact) mass is 208 g/mol. The maximum Gasteiger partial charge on any atom is 0.488 e. The van der Waals surface area contributed by atoms with Crippen LogP contribution >= 0.6 is 0 Å². The molecule has 1 saturated heterocycles. The Bertz CT molecular complexity index is 347. The fourth-order valence-electron chi connectivity index (χ4n) is 1.63. The first-order valence-electron chi connectivity index (χ1n) is 4.88. The summed E-state index contributed by atoms with van der Waals surface area (Å²) >= 11 is 0. The van der Waals surface area contributed by atoms with Crippen molar-refractivity contribution in [2.45, 2.75) is 13.2 Å². The smallest absolute Gasteiger partial charge is 0.423 e. The maximum atomic E-state index is 9.15. The summed E-state index contributed by atoms with van der Waals surface area (Å²) < 4.78 is 10.7. The highest BCUT2D eigenvalue weighted by atomic mass is 16.7. The van der Waals surface area contributed by atoms with Gasteiger partial charge in [-0.1, -0.05) is 23.8 Å². The van der Waals surface area contributed by atoms with Crippen LogP contribution in [0.2, 0.25) is 0 Å². The van der Waals surface area contributed by atoms with Gasteiger partial charge in [0.2, 0.25) is 0 Å². The lowest BCUT2D eigenvalue weighted by Gasteiger charge is -2.12. The summed E-state index contributed by atoms with van der Waals surface area (Å²) in [5.41, 5.74) is 2.15. The van der Waals surface area contributed by atoms with Crippen molar-refractivity contribution in [3.8, 4) is 0 Å². The van der Waals surface area contributed by atoms with Crippen molar-refractivity contribution < 1.29 is 19.5 Å². The third-order valence-corrected chi connectivity index (χ3v) is 2.48. The number of rotatable bonds is 2. The highest BCUT2D eigenvalue weighted by Crippen LogP contribution is 2.22. The van der Waals surface area contributed by atoms with Crippen molar-refractivity contribution in [2.24, 2.45) is 0 Å². The van der Waals surface area contributed by atoms with Crippen LogP contribution in [0.3, 0.4) is 0 Å². The van der Waals surface area contributed by atoms with Gasteiger partial charge < -0.3 is 19.5 Å². The maximum absolute atomic E-state index is 9.15. The number of benzene rings is 1. The first-order chi connectivity index (χ1) is 7.18. The Kier molecular flexibility index (Phi) is 3.07. The molecule has 0 aliphatic carbocycles. The van der Waals surface area contributed by atoms with Gasteiger partial charge in [-0.25, -0.2) is 0 Å². The van der Waals surface area contributed by atoms with Crippen LogP contribution in [-0.2, 0) is 9.47 Å². The van der Waals surface area contributed by atoms with Gasteiger partial charge in [-0.2, -0.15) is 0 Å². The predicted octanol–water partition coefficient (Wildman–Crippen LogP) is -0.280. The molecular formula is C10H13BO4. The lowest BCUT2D eigenvalue weighted by Crippen LogP contribution is -2.32. The molecule has 4 nitrogen and oxygen atoms in total. The van der Waals surface area contributed by atoms with E-state index in [0.29, 0.717) is 18.7 Å². The molecule has 1 heterocycles. The summed E-state index contributed by atoms with van der Waals surface area (Å²) in [5, 5.41) is 18.3. The second kappa shape index (κ2) is 4.32. The van der Waals surface area contributed by atoms with E-state index < -0.39 is 7.12 Å². The van der Waals surface area contributed by atoms with E-state index >= 15 is 0 Å². The van der Waals surface area contributed by atoms with Crippen LogP contribution in [0.5, 0.6) is 0 Å². The molecule has 0 unspecified atom stereocenters. The molecule has 2 N–H and O–H groups in total. The Labute approximate surface area is 88.6 Å². The molecule has 0 saturated carbocycles. The zero-order chi connectivity index (χ0) is 10.8. The molecular weight excluding hydrogens is 195 g/mol. The van der Waals surface area contributed by atoms with E-state index in [1.54, 1.807) is 6.07 Å². The van der Waals surface area contributed by atoms with Crippen LogP contribution in [0, 0.1) is 6.92 Å². The zero-order valence-electron chi connectivity index (χ0n) is 8.51. The highest BCUT2D eigenvalue weighted by molar-refractivity contribution is 6.59. The third-order valence-electron chi connectivity index (χ3n) is 2.48. The lowest BCUT2D eigenvalue weighted by molar-refractivity contribution is -0.0440. The van der Waals surface area contributed by atoms with E-state index in [0.717, 1.165) is 11.1 Å². The lowest BCUT2D eigenvalue weighted by atomic mass is 9.76. The molecule has 80 valence electrons. The van der Waals surface area contributed by atoms with Crippen LogP contribution in [-0.4, -0.2) is 30.4 Å². The molecule has 1 fully saturated rings. The minimum atomic E-state index is -1.45. The van der Waals surface area contributed by atoms with Crippen LogP contribution in [0.25, 0.3) is 0 Å². The Hall–Kier alpha value is -0.875. The molecule has 1 aliphatic heterocycles. The Morgan fingerprint density at radius 3 is 2.53 bits per heavy atom. The minimum Gasteiger partial charge on any atom is -0.423 e. The SMILES string of the molecule is Cc1ccc(C2OCCO2)cc1B(O)O. The fraction of sp³-hybridized carbons (Fsp3) is 0.400. The average molecular weight is 208 g/mol. The molecule has 2 rings (SSSR count). The van der Waals surface area contributed by atoms with Crippen molar-refractivity contribution >= 4 is 12.6 Å². The normalized spacial score (nSPS) is 17.0. The highest BCUT2D eigenvalue weighted by Gasteiger charge is 2.21. The second-order valence-electron chi connectivity index (χ2n) is 3.56. The average Bonchev–Trinajstić information content (AvgIpc) is 2.71. The van der Waals surface area contributed by atoms with Gasteiger partial charge in [-0.15, -0.1) is 0 Å². The van der Waals surface area contributed by atoms with E-state index in [2.05, 4.69) is 0 Å². The van der Waals surface area contributed by atoms with E-state index in [1.807, 2.05) is 19.1 Å². The summed E-state index contributed by atoms with van der Waals surface area (Å²) in [5.74, 6) is 0. The molecule has 1 aliphatic rings. The number of ether oxygens (including phenoxy) is 2. The zero-order valence-corrected chi connectivity index (χ0v) is 8.51. The molecule has 0 spiro atoms. The molecule has 5 heteroatoms. The van der Waals surface area contributed by atoms with Crippen LogP contribution in [0.4, 0.5) is 0 Å². The summed E-state index contributed by atoms with van der Waals surface area (Å²) in [6.07, 6.45) is -0.372. The van der Waals surface area contributed by atoms with Gasteiger partial charge in [0.05, 0.1) is 13.2 Å². The Morgan fingerprint density at radius 2 is 1.93 bits per heavy atom. The van der Waals surface area contributed by atoms with Gasteiger partial charge in [0.1, 0.15) is 0 Å². The van der Waals surface area contributed by atoms with Crippen LogP contribution in [0.1, 0.15) is 17.4 Å². The van der Waals surface area contributed by atoms with Gasteiger partial charge in [-0.3, -0.25) is 0 Å². The minimum absolute atomic E-state index is 0.372. The van der Waals surface area contributed by atoms with Crippen LogP contribution < -0.4 is 5.46 Å². The third kappa shape index (κ3) is 2.21. The van der Waals surface area contributed by atoms with Gasteiger partial charge in [0, 0.05) is 5.56 Å². The van der Waals surface area contributed by atoms with Gasteiger partial charge >= 0.3 is 7.12 Å². The molecule has 0 bridgehead atoms. The summed E-state index contributed by atoms with van der Waals surface area (Å²) in [4.78, 5) is 0. The van der Waals surface area contributed by atoms with E-state index in [1.165, 1.54) is 0 Å². The first kappa shape index (κ1) is 10.6. The van der Waals surface area contributed by atoms with Gasteiger partial charge in [0.15, 0.2) is 6.29 Å². The Balaban J connectivity index is 2.29. The second-order valence-corrected chi connectivity index (χ2v) is 3.56. The Morgan fingerprint density at radius 1 is 1.27 bits per heavy atom. The van der Waals surface area contributed by atoms with E-state index in [-0.39, 0.29) is 6.29 Å². The largest absolute Gasteiger partial charge is 0.488 e. The summed E-state index contributed by atoms with van der Waals surface area (Å²) in [7, 11) is -1.45. The number of hydrogen-bond donors (Lipinski definition) is 2. The molecule has 0 radical (unpaired) electrons. The summed E-state index contributed by atoms with van der Waals surface area (Å²) in [6, 6.07) is 5.41. The molecule has 0 atom stereocenters. The molecule has 15 heavy (non-hydrogen) atoms. The predicted molar refractivity (Wildman–Crippen MR) is 55.6 cm³/mol. The van der Waals surface area contributed by atoms with Crippen molar-refractivity contribution in [3.05, 3.63) is 29.3 Å². The van der Waals surface area contributed by atoms with Gasteiger partial charge in [-0.05, 0) is 12.4 Å². The summed E-state index contributed by atoms with van der Waals surface area (Å²) in [6.45, 7) is 2.99. The molecule has 0 aromatic heterocycles. The first-order valence-corrected chi connectivity index (χ1v) is 4.88. The van der Waals surface area contributed by atoms with E-state index in [4.69, 9.17) is 19.5 Å². The standard InChI is InChI=1S/C10H13BO4/c1-7-2-3-8(6-9(7)11(12)13)10-14-4-5-15-10/h2-3,6,10,12-13H,4-5H2,1H3. The van der Waals surface area contributed by atoms with Crippen molar-refractivity contribution in [2.75, 3.05) is 13.2 Å². The van der Waals surface area contributed by atoms with Crippen molar-refractivity contribution in [3.63, 3.8) is 0 Å². The topological polar surface area (TPSA) is 58.9 Å². The fourth-order valence-corrected chi connectivity index (χ4v) is 1.63. The van der Waals surface area contributed by atoms with E-state index in [9.17, 15) is 0 Å². The quantitative estimate of drug-likeness (QED) is 0.656. The van der Waals surface area contributed by atoms with Gasteiger partial charge in [0.25, 0.3) is 0 Å². The molecule has 1 aromatic carbocycles. The van der Waals surface area contributed by atoms with Crippen molar-refractivity contribution in [1.82, 2.24) is 0 Å². The van der Waals surface area contributed by atoms with Crippen LogP contribution in [0.15, 0.2) is 18.2 Å². The van der Waals surface area contributed by atoms with Crippen molar-refractivity contribution in [1.29, 1.82) is 0 Å². The molecule has 0 amide bonds.